The van der Waals surface area contributed by atoms with E-state index in [0.717, 1.165) is 13.0 Å². The third kappa shape index (κ3) is 4.50. The average molecular weight is 237 g/mol. The lowest BCUT2D eigenvalue weighted by molar-refractivity contribution is 0.392. The Balaban J connectivity index is 2.58. The van der Waals surface area contributed by atoms with E-state index in [0.29, 0.717) is 18.0 Å². The molecule has 0 aliphatic carbocycles. The van der Waals surface area contributed by atoms with Gasteiger partial charge in [-0.2, -0.15) is 5.10 Å². The lowest BCUT2D eigenvalue weighted by Crippen LogP contribution is -2.36. The number of rotatable bonds is 7. The molecule has 0 spiro atoms. The van der Waals surface area contributed by atoms with Crippen molar-refractivity contribution in [3.63, 3.8) is 0 Å². The third-order valence-corrected chi connectivity index (χ3v) is 3.08. The molecule has 0 fully saturated rings. The Morgan fingerprint density at radius 2 is 2.00 bits per heavy atom. The summed E-state index contributed by atoms with van der Waals surface area (Å²) in [6, 6.07) is 3.12. The highest BCUT2D eigenvalue weighted by Gasteiger charge is 2.14. The van der Waals surface area contributed by atoms with Gasteiger partial charge in [0.15, 0.2) is 0 Å². The van der Waals surface area contributed by atoms with Crippen LogP contribution in [-0.4, -0.2) is 22.4 Å². The van der Waals surface area contributed by atoms with E-state index in [1.807, 2.05) is 4.68 Å². The quantitative estimate of drug-likeness (QED) is 0.790. The Kier molecular flexibility index (Phi) is 5.69. The molecule has 1 unspecified atom stereocenters. The van der Waals surface area contributed by atoms with E-state index < -0.39 is 0 Å². The predicted molar refractivity (Wildman–Crippen MR) is 73.2 cm³/mol. The average Bonchev–Trinajstić information content (AvgIpc) is 2.72. The van der Waals surface area contributed by atoms with E-state index in [1.165, 1.54) is 12.1 Å². The fourth-order valence-electron chi connectivity index (χ4n) is 1.87. The normalized spacial score (nSPS) is 13.6. The van der Waals surface area contributed by atoms with Gasteiger partial charge in [-0.3, -0.25) is 4.68 Å². The summed E-state index contributed by atoms with van der Waals surface area (Å²) in [6.07, 6.45) is 4.29. The molecule has 1 rings (SSSR count). The molecule has 0 aliphatic heterocycles. The first kappa shape index (κ1) is 14.2. The summed E-state index contributed by atoms with van der Waals surface area (Å²) in [4.78, 5) is 0. The Bertz CT molecular complexity index is 315. The second-order valence-corrected chi connectivity index (χ2v) is 5.39. The van der Waals surface area contributed by atoms with Gasteiger partial charge in [-0.05, 0) is 38.8 Å². The smallest absolute Gasteiger partial charge is 0.0640 e. The summed E-state index contributed by atoms with van der Waals surface area (Å²) in [6.45, 7) is 12.2. The molecule has 0 saturated heterocycles. The molecule has 1 N–H and O–H groups in total. The molecule has 0 aromatic carbocycles. The fourth-order valence-corrected chi connectivity index (χ4v) is 1.87. The molecule has 0 aliphatic rings. The van der Waals surface area contributed by atoms with Gasteiger partial charge in [0, 0.05) is 24.7 Å². The summed E-state index contributed by atoms with van der Waals surface area (Å²) < 4.78 is 2.03. The summed E-state index contributed by atoms with van der Waals surface area (Å²) in [5.74, 6) is 0.644. The molecule has 0 bridgehead atoms. The van der Waals surface area contributed by atoms with Crippen molar-refractivity contribution in [2.75, 3.05) is 6.54 Å². The Morgan fingerprint density at radius 3 is 2.47 bits per heavy atom. The zero-order valence-electron chi connectivity index (χ0n) is 11.9. The largest absolute Gasteiger partial charge is 0.313 e. The molecular weight excluding hydrogens is 210 g/mol. The van der Waals surface area contributed by atoms with Crippen molar-refractivity contribution in [3.05, 3.63) is 18.0 Å². The lowest BCUT2D eigenvalue weighted by Gasteiger charge is -2.21. The molecule has 3 nitrogen and oxygen atoms in total. The van der Waals surface area contributed by atoms with E-state index in [1.54, 1.807) is 0 Å². The first-order chi connectivity index (χ1) is 8.04. The minimum absolute atomic E-state index is 0.449. The Morgan fingerprint density at radius 1 is 1.29 bits per heavy atom. The van der Waals surface area contributed by atoms with Crippen LogP contribution in [-0.2, 0) is 6.42 Å². The van der Waals surface area contributed by atoms with Crippen LogP contribution in [0.1, 0.15) is 52.8 Å². The van der Waals surface area contributed by atoms with Gasteiger partial charge >= 0.3 is 0 Å². The number of hydrogen-bond donors (Lipinski definition) is 1. The molecular formula is C14H27N3. The number of hydrogen-bond acceptors (Lipinski definition) is 2. The van der Waals surface area contributed by atoms with Crippen molar-refractivity contribution in [2.45, 2.75) is 59.5 Å². The van der Waals surface area contributed by atoms with Gasteiger partial charge < -0.3 is 5.32 Å². The highest BCUT2D eigenvalue weighted by Crippen LogP contribution is 2.11. The molecule has 98 valence electrons. The van der Waals surface area contributed by atoms with Crippen LogP contribution in [0.25, 0.3) is 0 Å². The molecule has 17 heavy (non-hydrogen) atoms. The van der Waals surface area contributed by atoms with Crippen LogP contribution >= 0.6 is 0 Å². The van der Waals surface area contributed by atoms with Crippen molar-refractivity contribution >= 4 is 0 Å². The number of aromatic nitrogens is 2. The molecule has 1 aromatic rings. The minimum Gasteiger partial charge on any atom is -0.313 e. The van der Waals surface area contributed by atoms with E-state index in [2.05, 4.69) is 57.3 Å². The van der Waals surface area contributed by atoms with Crippen LogP contribution < -0.4 is 5.32 Å². The van der Waals surface area contributed by atoms with Gasteiger partial charge in [0.25, 0.3) is 0 Å². The molecule has 0 saturated carbocycles. The van der Waals surface area contributed by atoms with Crippen LogP contribution in [0, 0.1) is 5.92 Å². The molecule has 0 amide bonds. The minimum atomic E-state index is 0.449. The van der Waals surface area contributed by atoms with Crippen LogP contribution in [0.15, 0.2) is 12.3 Å². The predicted octanol–water partition coefficient (Wildman–Crippen LogP) is 3.03. The second-order valence-electron chi connectivity index (χ2n) is 5.39. The topological polar surface area (TPSA) is 29.9 Å². The van der Waals surface area contributed by atoms with Crippen LogP contribution in [0.3, 0.4) is 0 Å². The second kappa shape index (κ2) is 6.80. The number of nitrogens with zero attached hydrogens (tertiary/aromatic N) is 2. The highest BCUT2D eigenvalue weighted by atomic mass is 15.3. The van der Waals surface area contributed by atoms with Gasteiger partial charge in [0.05, 0.1) is 5.69 Å². The summed E-state index contributed by atoms with van der Waals surface area (Å²) in [7, 11) is 0. The highest BCUT2D eigenvalue weighted by molar-refractivity contribution is 5.02. The van der Waals surface area contributed by atoms with Gasteiger partial charge in [-0.1, -0.05) is 20.8 Å². The van der Waals surface area contributed by atoms with Crippen molar-refractivity contribution < 1.29 is 0 Å². The van der Waals surface area contributed by atoms with Gasteiger partial charge in [-0.15, -0.1) is 0 Å². The maximum atomic E-state index is 4.62. The summed E-state index contributed by atoms with van der Waals surface area (Å²) in [5.41, 5.74) is 1.20. The third-order valence-electron chi connectivity index (χ3n) is 3.08. The molecule has 1 aromatic heterocycles. The molecule has 1 atom stereocenters. The first-order valence-electron chi connectivity index (χ1n) is 6.82. The van der Waals surface area contributed by atoms with Gasteiger partial charge in [0.2, 0.25) is 0 Å². The fraction of sp³-hybridized carbons (Fsp3) is 0.786. The maximum Gasteiger partial charge on any atom is 0.0640 e. The zero-order chi connectivity index (χ0) is 12.8. The maximum absolute atomic E-state index is 4.62. The van der Waals surface area contributed by atoms with Crippen LogP contribution in [0.5, 0.6) is 0 Å². The van der Waals surface area contributed by atoms with Crippen molar-refractivity contribution in [1.29, 1.82) is 0 Å². The van der Waals surface area contributed by atoms with E-state index >= 15 is 0 Å². The van der Waals surface area contributed by atoms with Crippen LogP contribution in [0.2, 0.25) is 0 Å². The standard InChI is InChI=1S/C14H27N3/c1-6-8-15-14(11(2)3)10-13-7-9-17(16-13)12(4)5/h7,9,11-12,14-15H,6,8,10H2,1-5H3. The Hall–Kier alpha value is -0.830. The van der Waals surface area contributed by atoms with Crippen molar-refractivity contribution in [1.82, 2.24) is 15.1 Å². The van der Waals surface area contributed by atoms with E-state index in [-0.39, 0.29) is 0 Å². The summed E-state index contributed by atoms with van der Waals surface area (Å²) in [5, 5.41) is 8.22. The molecule has 1 heterocycles. The Labute approximate surface area is 106 Å². The zero-order valence-corrected chi connectivity index (χ0v) is 11.9. The van der Waals surface area contributed by atoms with Gasteiger partial charge in [-0.25, -0.2) is 0 Å². The van der Waals surface area contributed by atoms with Crippen molar-refractivity contribution in [3.8, 4) is 0 Å². The lowest BCUT2D eigenvalue weighted by atomic mass is 9.99. The summed E-state index contributed by atoms with van der Waals surface area (Å²) >= 11 is 0. The van der Waals surface area contributed by atoms with Crippen LogP contribution in [0.4, 0.5) is 0 Å². The molecule has 3 heteroatoms. The first-order valence-corrected chi connectivity index (χ1v) is 6.82. The van der Waals surface area contributed by atoms with Crippen molar-refractivity contribution in [2.24, 2.45) is 5.92 Å². The molecule has 0 radical (unpaired) electrons. The van der Waals surface area contributed by atoms with E-state index in [9.17, 15) is 0 Å². The monoisotopic (exact) mass is 237 g/mol. The van der Waals surface area contributed by atoms with E-state index in [4.69, 9.17) is 0 Å². The van der Waals surface area contributed by atoms with Gasteiger partial charge in [0.1, 0.15) is 0 Å². The number of nitrogens with one attached hydrogen (secondary N) is 1. The SMILES string of the molecule is CCCNC(Cc1ccn(C(C)C)n1)C(C)C.